The third kappa shape index (κ3) is 3.12. The zero-order chi connectivity index (χ0) is 20.0. The molecule has 1 fully saturated rings. The van der Waals surface area contributed by atoms with Crippen LogP contribution in [0.1, 0.15) is 24.2 Å². The molecule has 3 aromatic rings. The van der Waals surface area contributed by atoms with Gasteiger partial charge in [-0.1, -0.05) is 48.5 Å². The monoisotopic (exact) mass is 410 g/mol. The van der Waals surface area contributed by atoms with Gasteiger partial charge in [-0.05, 0) is 30.5 Å². The predicted octanol–water partition coefficient (Wildman–Crippen LogP) is 1.87. The van der Waals surface area contributed by atoms with Crippen LogP contribution < -0.4 is 5.69 Å². The highest BCUT2D eigenvalue weighted by Gasteiger charge is 2.45. The minimum absolute atomic E-state index is 0.168. The number of fused-ring (bicyclic) bond motifs is 3. The van der Waals surface area contributed by atoms with Gasteiger partial charge < -0.3 is 0 Å². The molecule has 5 rings (SSSR count). The second kappa shape index (κ2) is 6.96. The van der Waals surface area contributed by atoms with Crippen molar-refractivity contribution < 1.29 is 8.42 Å². The van der Waals surface area contributed by atoms with Crippen molar-refractivity contribution in [2.45, 2.75) is 49.3 Å². The Morgan fingerprint density at radius 1 is 0.931 bits per heavy atom. The van der Waals surface area contributed by atoms with Gasteiger partial charge in [0.15, 0.2) is 0 Å². The third-order valence-corrected chi connectivity index (χ3v) is 7.88. The second-order valence-corrected chi connectivity index (χ2v) is 9.53. The molecule has 2 aromatic carbocycles. The van der Waals surface area contributed by atoms with E-state index in [1.807, 2.05) is 30.3 Å². The lowest BCUT2D eigenvalue weighted by molar-refractivity contribution is 0.312. The van der Waals surface area contributed by atoms with E-state index >= 15 is 0 Å². The van der Waals surface area contributed by atoms with E-state index in [0.29, 0.717) is 30.2 Å². The van der Waals surface area contributed by atoms with E-state index in [4.69, 9.17) is 0 Å². The Bertz CT molecular complexity index is 1190. The lowest BCUT2D eigenvalue weighted by atomic mass is 10.1. The molecule has 2 bridgehead atoms. The number of nitrogens with zero attached hydrogens (tertiary/aromatic N) is 4. The molecule has 0 aliphatic carbocycles. The molecule has 0 radical (unpaired) electrons. The van der Waals surface area contributed by atoms with Gasteiger partial charge in [-0.3, -0.25) is 4.57 Å². The largest absolute Gasteiger partial charge is 0.346 e. The van der Waals surface area contributed by atoms with Crippen molar-refractivity contribution in [1.82, 2.24) is 18.7 Å². The molecule has 2 aliphatic heterocycles. The molecule has 29 heavy (non-hydrogen) atoms. The fourth-order valence-electron chi connectivity index (χ4n) is 4.51. The van der Waals surface area contributed by atoms with Gasteiger partial charge in [0, 0.05) is 25.0 Å². The Balaban J connectivity index is 1.48. The van der Waals surface area contributed by atoms with Gasteiger partial charge in [-0.2, -0.15) is 9.40 Å². The zero-order valence-corrected chi connectivity index (χ0v) is 16.7. The van der Waals surface area contributed by atoms with Crippen molar-refractivity contribution in [2.75, 3.05) is 0 Å². The van der Waals surface area contributed by atoms with Crippen LogP contribution in [0.15, 0.2) is 70.4 Å². The Morgan fingerprint density at radius 2 is 1.59 bits per heavy atom. The zero-order valence-electron chi connectivity index (χ0n) is 15.9. The first kappa shape index (κ1) is 18.3. The number of aromatic nitrogens is 3. The Morgan fingerprint density at radius 3 is 2.31 bits per heavy atom. The Hall–Kier alpha value is -2.71. The standard InChI is InChI=1S/C21H22N4O3S/c26-21-23-15-18-12-11-17(25(18)29(27,28)19-9-5-2-6-10-19)13-20(23)22-24(21)14-16-7-3-1-4-8-16/h1-10,17-18H,11-15H2. The normalized spacial score (nSPS) is 21.7. The van der Waals surface area contributed by atoms with Crippen LogP contribution in [-0.4, -0.2) is 39.2 Å². The summed E-state index contributed by atoms with van der Waals surface area (Å²) in [4.78, 5) is 13.3. The molecule has 1 aromatic heterocycles. The molecule has 2 unspecified atom stereocenters. The quantitative estimate of drug-likeness (QED) is 0.658. The number of hydrogen-bond acceptors (Lipinski definition) is 4. The van der Waals surface area contributed by atoms with Crippen LogP contribution in [0.4, 0.5) is 0 Å². The summed E-state index contributed by atoms with van der Waals surface area (Å²) in [6.45, 7) is 0.770. The lowest BCUT2D eigenvalue weighted by Gasteiger charge is -2.26. The van der Waals surface area contributed by atoms with E-state index in [-0.39, 0.29) is 17.8 Å². The van der Waals surface area contributed by atoms with E-state index in [1.54, 1.807) is 39.2 Å². The highest BCUT2D eigenvalue weighted by Crippen LogP contribution is 2.35. The fraction of sp³-hybridized carbons (Fsp3) is 0.333. The maximum Gasteiger partial charge on any atom is 0.346 e. The maximum absolute atomic E-state index is 13.3. The summed E-state index contributed by atoms with van der Waals surface area (Å²) in [6, 6.07) is 17.9. The molecule has 1 saturated heterocycles. The number of benzene rings is 2. The summed E-state index contributed by atoms with van der Waals surface area (Å²) < 4.78 is 31.3. The molecule has 150 valence electrons. The van der Waals surface area contributed by atoms with Gasteiger partial charge in [0.25, 0.3) is 0 Å². The lowest BCUT2D eigenvalue weighted by Crippen LogP contribution is -2.42. The van der Waals surface area contributed by atoms with Crippen LogP contribution in [0, 0.1) is 0 Å². The summed E-state index contributed by atoms with van der Waals surface area (Å²) in [6.07, 6.45) is 2.00. The second-order valence-electron chi connectivity index (χ2n) is 7.69. The first-order valence-corrected chi connectivity index (χ1v) is 11.3. The van der Waals surface area contributed by atoms with Crippen LogP contribution >= 0.6 is 0 Å². The minimum atomic E-state index is -3.61. The minimum Gasteiger partial charge on any atom is -0.277 e. The van der Waals surface area contributed by atoms with E-state index in [9.17, 15) is 13.2 Å². The van der Waals surface area contributed by atoms with Crippen LogP contribution in [-0.2, 0) is 29.5 Å². The number of hydrogen-bond donors (Lipinski definition) is 0. The molecule has 0 saturated carbocycles. The number of sulfonamides is 1. The average molecular weight is 410 g/mol. The van der Waals surface area contributed by atoms with Crippen molar-refractivity contribution in [3.63, 3.8) is 0 Å². The Kier molecular flexibility index (Phi) is 4.40. The third-order valence-electron chi connectivity index (χ3n) is 5.86. The summed E-state index contributed by atoms with van der Waals surface area (Å²) in [5.74, 6) is 0.673. The molecule has 0 amide bonds. The van der Waals surface area contributed by atoms with E-state index in [0.717, 1.165) is 18.4 Å². The predicted molar refractivity (Wildman–Crippen MR) is 108 cm³/mol. The van der Waals surface area contributed by atoms with Crippen molar-refractivity contribution in [3.05, 3.63) is 82.5 Å². The molecule has 3 heterocycles. The van der Waals surface area contributed by atoms with Crippen molar-refractivity contribution in [2.24, 2.45) is 0 Å². The molecule has 0 spiro atoms. The van der Waals surface area contributed by atoms with Crippen molar-refractivity contribution in [3.8, 4) is 0 Å². The SMILES string of the molecule is O=c1n(Cc2ccccc2)nc2n1CC1CCC(C2)N1S(=O)(=O)c1ccccc1. The summed E-state index contributed by atoms with van der Waals surface area (Å²) in [5.41, 5.74) is 0.840. The van der Waals surface area contributed by atoms with Gasteiger partial charge in [-0.25, -0.2) is 17.9 Å². The van der Waals surface area contributed by atoms with Crippen molar-refractivity contribution in [1.29, 1.82) is 0 Å². The van der Waals surface area contributed by atoms with Gasteiger partial charge in [0.1, 0.15) is 5.82 Å². The highest BCUT2D eigenvalue weighted by molar-refractivity contribution is 7.89. The van der Waals surface area contributed by atoms with Gasteiger partial charge in [0.05, 0.1) is 11.4 Å². The Labute approximate surface area is 169 Å². The van der Waals surface area contributed by atoms with Crippen LogP contribution in [0.5, 0.6) is 0 Å². The summed E-state index contributed by atoms with van der Waals surface area (Å²) >= 11 is 0. The highest BCUT2D eigenvalue weighted by atomic mass is 32.2. The molecule has 2 aliphatic rings. The molecule has 7 nitrogen and oxygen atoms in total. The maximum atomic E-state index is 13.3. The number of rotatable bonds is 4. The fourth-order valence-corrected chi connectivity index (χ4v) is 6.39. The van der Waals surface area contributed by atoms with E-state index < -0.39 is 10.0 Å². The van der Waals surface area contributed by atoms with Crippen LogP contribution in [0.2, 0.25) is 0 Å². The van der Waals surface area contributed by atoms with Gasteiger partial charge in [0.2, 0.25) is 10.0 Å². The van der Waals surface area contributed by atoms with E-state index in [2.05, 4.69) is 5.10 Å². The van der Waals surface area contributed by atoms with Crippen LogP contribution in [0.25, 0.3) is 0 Å². The van der Waals surface area contributed by atoms with Crippen LogP contribution in [0.3, 0.4) is 0 Å². The van der Waals surface area contributed by atoms with Gasteiger partial charge in [-0.15, -0.1) is 0 Å². The molecular formula is C21H22N4O3S. The molecule has 8 heteroatoms. The first-order chi connectivity index (χ1) is 14.0. The van der Waals surface area contributed by atoms with Gasteiger partial charge >= 0.3 is 5.69 Å². The summed E-state index contributed by atoms with van der Waals surface area (Å²) in [7, 11) is -3.61. The van der Waals surface area contributed by atoms with Crippen molar-refractivity contribution >= 4 is 10.0 Å². The topological polar surface area (TPSA) is 77.2 Å². The smallest absolute Gasteiger partial charge is 0.277 e. The van der Waals surface area contributed by atoms with E-state index in [1.165, 1.54) is 4.68 Å². The average Bonchev–Trinajstić information content (AvgIpc) is 3.19. The molecular weight excluding hydrogens is 388 g/mol. The summed E-state index contributed by atoms with van der Waals surface area (Å²) in [5, 5.41) is 4.56. The first-order valence-electron chi connectivity index (χ1n) is 9.83. The molecule has 2 atom stereocenters. The molecule has 0 N–H and O–H groups in total.